The molecule has 0 radical (unpaired) electrons. The zero-order valence-electron chi connectivity index (χ0n) is 13.6. The topological polar surface area (TPSA) is 66.4 Å². The normalized spacial score (nSPS) is 23.5. The highest BCUT2D eigenvalue weighted by atomic mass is 16.4. The van der Waals surface area contributed by atoms with Gasteiger partial charge in [-0.15, -0.1) is 0 Å². The molecule has 0 heterocycles. The minimum absolute atomic E-state index is 0.0784. The van der Waals surface area contributed by atoms with Gasteiger partial charge in [-0.1, -0.05) is 26.2 Å². The van der Waals surface area contributed by atoms with Gasteiger partial charge >= 0.3 is 5.97 Å². The van der Waals surface area contributed by atoms with Crippen LogP contribution in [0.5, 0.6) is 0 Å². The molecule has 0 aliphatic heterocycles. The SMILES string of the molecule is CCCCC1CCC(C(=O)NC(C)CCCC(=O)O)CC1. The molecule has 0 aromatic carbocycles. The van der Waals surface area contributed by atoms with Crippen LogP contribution in [0.2, 0.25) is 0 Å². The number of unbranched alkanes of at least 4 members (excludes halogenated alkanes) is 1. The standard InChI is InChI=1S/C17H31NO3/c1-3-4-7-14-9-11-15(12-10-14)17(21)18-13(2)6-5-8-16(19)20/h13-15H,3-12H2,1-2H3,(H,18,21)(H,19,20). The fourth-order valence-corrected chi connectivity index (χ4v) is 3.20. The second-order valence-corrected chi connectivity index (χ2v) is 6.56. The van der Waals surface area contributed by atoms with Crippen molar-refractivity contribution in [2.75, 3.05) is 0 Å². The minimum Gasteiger partial charge on any atom is -0.481 e. The van der Waals surface area contributed by atoms with Crippen molar-refractivity contribution < 1.29 is 14.7 Å². The monoisotopic (exact) mass is 297 g/mol. The molecule has 1 fully saturated rings. The van der Waals surface area contributed by atoms with E-state index in [2.05, 4.69) is 12.2 Å². The van der Waals surface area contributed by atoms with Crippen LogP contribution in [0.4, 0.5) is 0 Å². The van der Waals surface area contributed by atoms with Crippen molar-refractivity contribution in [3.8, 4) is 0 Å². The number of carboxylic acid groups (broad SMARTS) is 1. The predicted molar refractivity (Wildman–Crippen MR) is 84.1 cm³/mol. The van der Waals surface area contributed by atoms with Gasteiger partial charge in [0.2, 0.25) is 5.91 Å². The summed E-state index contributed by atoms with van der Waals surface area (Å²) in [5.74, 6) is 0.400. The Kier molecular flexibility index (Phi) is 8.40. The lowest BCUT2D eigenvalue weighted by molar-refractivity contribution is -0.137. The van der Waals surface area contributed by atoms with E-state index in [9.17, 15) is 9.59 Å². The molecule has 21 heavy (non-hydrogen) atoms. The van der Waals surface area contributed by atoms with E-state index < -0.39 is 5.97 Å². The quantitative estimate of drug-likeness (QED) is 0.681. The van der Waals surface area contributed by atoms with Gasteiger partial charge in [-0.25, -0.2) is 0 Å². The summed E-state index contributed by atoms with van der Waals surface area (Å²) in [7, 11) is 0. The van der Waals surface area contributed by atoms with Gasteiger partial charge in [-0.3, -0.25) is 9.59 Å². The molecule has 122 valence electrons. The zero-order valence-corrected chi connectivity index (χ0v) is 13.6. The van der Waals surface area contributed by atoms with E-state index in [0.717, 1.165) is 25.2 Å². The maximum atomic E-state index is 12.2. The molecule has 1 saturated carbocycles. The zero-order chi connectivity index (χ0) is 15.7. The second-order valence-electron chi connectivity index (χ2n) is 6.56. The van der Waals surface area contributed by atoms with Crippen molar-refractivity contribution in [2.24, 2.45) is 11.8 Å². The van der Waals surface area contributed by atoms with Crippen LogP contribution in [0.25, 0.3) is 0 Å². The van der Waals surface area contributed by atoms with Crippen molar-refractivity contribution in [1.29, 1.82) is 0 Å². The summed E-state index contributed by atoms with van der Waals surface area (Å²) in [6, 6.07) is 0.0784. The maximum Gasteiger partial charge on any atom is 0.303 e. The molecule has 1 atom stereocenters. The van der Waals surface area contributed by atoms with Crippen molar-refractivity contribution in [1.82, 2.24) is 5.32 Å². The molecular formula is C17H31NO3. The van der Waals surface area contributed by atoms with Crippen LogP contribution in [0, 0.1) is 11.8 Å². The van der Waals surface area contributed by atoms with Gasteiger partial charge in [0.15, 0.2) is 0 Å². The number of hydrogen-bond acceptors (Lipinski definition) is 2. The van der Waals surface area contributed by atoms with E-state index in [0.29, 0.717) is 6.42 Å². The van der Waals surface area contributed by atoms with Gasteiger partial charge in [0.25, 0.3) is 0 Å². The van der Waals surface area contributed by atoms with Crippen molar-refractivity contribution in [3.05, 3.63) is 0 Å². The molecular weight excluding hydrogens is 266 g/mol. The van der Waals surface area contributed by atoms with E-state index in [1.807, 2.05) is 6.92 Å². The Labute approximate surface area is 128 Å². The Hall–Kier alpha value is -1.06. The highest BCUT2D eigenvalue weighted by molar-refractivity contribution is 5.79. The van der Waals surface area contributed by atoms with Gasteiger partial charge in [0.1, 0.15) is 0 Å². The fourth-order valence-electron chi connectivity index (χ4n) is 3.20. The summed E-state index contributed by atoms with van der Waals surface area (Å²) in [5, 5.41) is 11.7. The van der Waals surface area contributed by atoms with Gasteiger partial charge in [0.05, 0.1) is 0 Å². The number of carbonyl (C=O) groups is 2. The Morgan fingerprint density at radius 3 is 2.43 bits per heavy atom. The summed E-state index contributed by atoms with van der Waals surface area (Å²) in [4.78, 5) is 22.7. The summed E-state index contributed by atoms with van der Waals surface area (Å²) >= 11 is 0. The third kappa shape index (κ3) is 7.49. The third-order valence-electron chi connectivity index (χ3n) is 4.60. The lowest BCUT2D eigenvalue weighted by Crippen LogP contribution is -2.38. The minimum atomic E-state index is -0.765. The van der Waals surface area contributed by atoms with E-state index in [-0.39, 0.29) is 24.3 Å². The Balaban J connectivity index is 2.19. The molecule has 4 nitrogen and oxygen atoms in total. The Morgan fingerprint density at radius 2 is 1.86 bits per heavy atom. The molecule has 2 N–H and O–H groups in total. The Bertz CT molecular complexity index is 322. The molecule has 1 unspecified atom stereocenters. The summed E-state index contributed by atoms with van der Waals surface area (Å²) in [6.07, 6.45) is 9.83. The summed E-state index contributed by atoms with van der Waals surface area (Å²) in [6.45, 7) is 4.19. The van der Waals surface area contributed by atoms with Crippen LogP contribution >= 0.6 is 0 Å². The predicted octanol–water partition coefficient (Wildman–Crippen LogP) is 3.74. The number of amides is 1. The number of rotatable bonds is 9. The first kappa shape index (κ1) is 18.0. The van der Waals surface area contributed by atoms with Crippen LogP contribution in [-0.2, 0) is 9.59 Å². The molecule has 1 amide bonds. The molecule has 1 aliphatic carbocycles. The van der Waals surface area contributed by atoms with Crippen LogP contribution < -0.4 is 5.32 Å². The lowest BCUT2D eigenvalue weighted by atomic mass is 9.79. The first-order valence-electron chi connectivity index (χ1n) is 8.55. The number of nitrogens with one attached hydrogen (secondary N) is 1. The maximum absolute atomic E-state index is 12.2. The number of carbonyl (C=O) groups excluding carboxylic acids is 1. The lowest BCUT2D eigenvalue weighted by Gasteiger charge is -2.28. The first-order valence-corrected chi connectivity index (χ1v) is 8.55. The first-order chi connectivity index (χ1) is 10.0. The van der Waals surface area contributed by atoms with Crippen molar-refractivity contribution >= 4 is 11.9 Å². The summed E-state index contributed by atoms with van der Waals surface area (Å²) in [5.41, 5.74) is 0. The molecule has 0 aromatic rings. The van der Waals surface area contributed by atoms with Crippen LogP contribution in [0.15, 0.2) is 0 Å². The highest BCUT2D eigenvalue weighted by Crippen LogP contribution is 2.32. The van der Waals surface area contributed by atoms with Crippen LogP contribution in [-0.4, -0.2) is 23.0 Å². The van der Waals surface area contributed by atoms with Crippen LogP contribution in [0.1, 0.15) is 78.1 Å². The largest absolute Gasteiger partial charge is 0.481 e. The van der Waals surface area contributed by atoms with Gasteiger partial charge in [-0.2, -0.15) is 0 Å². The smallest absolute Gasteiger partial charge is 0.303 e. The molecule has 1 rings (SSSR count). The molecule has 0 spiro atoms. The molecule has 1 aliphatic rings. The van der Waals surface area contributed by atoms with Gasteiger partial charge in [0, 0.05) is 18.4 Å². The fraction of sp³-hybridized carbons (Fsp3) is 0.882. The van der Waals surface area contributed by atoms with Gasteiger partial charge < -0.3 is 10.4 Å². The van der Waals surface area contributed by atoms with E-state index >= 15 is 0 Å². The Morgan fingerprint density at radius 1 is 1.19 bits per heavy atom. The van der Waals surface area contributed by atoms with Crippen LogP contribution in [0.3, 0.4) is 0 Å². The average molecular weight is 297 g/mol. The van der Waals surface area contributed by atoms with Crippen molar-refractivity contribution in [3.63, 3.8) is 0 Å². The molecule has 4 heteroatoms. The van der Waals surface area contributed by atoms with E-state index in [4.69, 9.17) is 5.11 Å². The van der Waals surface area contributed by atoms with Crippen molar-refractivity contribution in [2.45, 2.75) is 84.1 Å². The number of aliphatic carboxylic acids is 1. The number of hydrogen-bond donors (Lipinski definition) is 2. The molecule has 0 bridgehead atoms. The average Bonchev–Trinajstić information content (AvgIpc) is 2.45. The second kappa shape index (κ2) is 9.80. The molecule has 0 aromatic heterocycles. The highest BCUT2D eigenvalue weighted by Gasteiger charge is 2.26. The van der Waals surface area contributed by atoms with E-state index in [1.165, 1.54) is 32.1 Å². The third-order valence-corrected chi connectivity index (χ3v) is 4.60. The van der Waals surface area contributed by atoms with E-state index in [1.54, 1.807) is 0 Å². The summed E-state index contributed by atoms with van der Waals surface area (Å²) < 4.78 is 0. The number of carboxylic acids is 1. The molecule has 0 saturated heterocycles. The van der Waals surface area contributed by atoms with Gasteiger partial charge in [-0.05, 0) is 51.4 Å².